The van der Waals surface area contributed by atoms with Gasteiger partial charge < -0.3 is 10.5 Å². The molecule has 100 valence electrons. The van der Waals surface area contributed by atoms with Gasteiger partial charge in [-0.2, -0.15) is 8.42 Å². The second kappa shape index (κ2) is 5.80. The summed E-state index contributed by atoms with van der Waals surface area (Å²) in [6.45, 7) is 1.69. The Morgan fingerprint density at radius 2 is 1.89 bits per heavy atom. The van der Waals surface area contributed by atoms with E-state index in [0.29, 0.717) is 5.69 Å². The molecule has 4 N–H and O–H groups in total. The van der Waals surface area contributed by atoms with Gasteiger partial charge in [-0.15, -0.1) is 0 Å². The summed E-state index contributed by atoms with van der Waals surface area (Å²) in [6.07, 6.45) is -0.0455. The average Bonchev–Trinajstić information content (AvgIpc) is 2.25. The molecule has 0 aliphatic carbocycles. The lowest BCUT2D eigenvalue weighted by molar-refractivity contribution is -0.137. The van der Waals surface area contributed by atoms with Crippen LogP contribution in [-0.2, 0) is 14.9 Å². The Labute approximate surface area is 105 Å². The van der Waals surface area contributed by atoms with Crippen molar-refractivity contribution in [3.05, 3.63) is 24.3 Å². The SMILES string of the molecule is CC(CC(=O)O)NNc1ccc(S(=O)(=O)O)cc1. The zero-order chi connectivity index (χ0) is 13.8. The van der Waals surface area contributed by atoms with Crippen LogP contribution in [0.2, 0.25) is 0 Å². The second-order valence-corrected chi connectivity index (χ2v) is 5.19. The maximum absolute atomic E-state index is 10.8. The lowest BCUT2D eigenvalue weighted by Gasteiger charge is -2.13. The molecule has 8 heteroatoms. The van der Waals surface area contributed by atoms with Crippen molar-refractivity contribution in [3.8, 4) is 0 Å². The highest BCUT2D eigenvalue weighted by atomic mass is 32.2. The van der Waals surface area contributed by atoms with Crippen LogP contribution in [0.3, 0.4) is 0 Å². The topological polar surface area (TPSA) is 116 Å². The lowest BCUT2D eigenvalue weighted by Crippen LogP contribution is -2.33. The van der Waals surface area contributed by atoms with Gasteiger partial charge in [-0.3, -0.25) is 9.35 Å². The largest absolute Gasteiger partial charge is 0.481 e. The average molecular weight is 274 g/mol. The summed E-state index contributed by atoms with van der Waals surface area (Å²) in [4.78, 5) is 10.2. The number of hydrogen-bond acceptors (Lipinski definition) is 5. The van der Waals surface area contributed by atoms with Crippen molar-refractivity contribution in [1.82, 2.24) is 5.43 Å². The van der Waals surface area contributed by atoms with Gasteiger partial charge in [0.25, 0.3) is 10.1 Å². The van der Waals surface area contributed by atoms with Crippen molar-refractivity contribution in [3.63, 3.8) is 0 Å². The third-order valence-electron chi connectivity index (χ3n) is 2.10. The highest BCUT2D eigenvalue weighted by Gasteiger charge is 2.09. The molecule has 1 unspecified atom stereocenters. The summed E-state index contributed by atoms with van der Waals surface area (Å²) >= 11 is 0. The molecule has 7 nitrogen and oxygen atoms in total. The molecule has 1 aromatic rings. The number of benzene rings is 1. The smallest absolute Gasteiger partial charge is 0.304 e. The summed E-state index contributed by atoms with van der Waals surface area (Å²) < 4.78 is 30.3. The predicted molar refractivity (Wildman–Crippen MR) is 64.7 cm³/mol. The standard InChI is InChI=1S/C10H14N2O5S/c1-7(6-10(13)14)11-12-8-2-4-9(5-3-8)18(15,16)17/h2-5,7,11-12H,6H2,1H3,(H,13,14)(H,15,16,17). The molecular formula is C10H14N2O5S. The van der Waals surface area contributed by atoms with E-state index in [-0.39, 0.29) is 17.4 Å². The van der Waals surface area contributed by atoms with E-state index >= 15 is 0 Å². The van der Waals surface area contributed by atoms with Crippen molar-refractivity contribution < 1.29 is 22.9 Å². The molecule has 1 aromatic carbocycles. The summed E-state index contributed by atoms with van der Waals surface area (Å²) in [5, 5.41) is 8.54. The van der Waals surface area contributed by atoms with Gasteiger partial charge >= 0.3 is 5.97 Å². The fourth-order valence-electron chi connectivity index (χ4n) is 1.23. The van der Waals surface area contributed by atoms with Crippen LogP contribution in [0.1, 0.15) is 13.3 Å². The Balaban J connectivity index is 2.57. The first-order chi connectivity index (χ1) is 8.29. The summed E-state index contributed by atoms with van der Waals surface area (Å²) in [5.41, 5.74) is 6.04. The maximum atomic E-state index is 10.8. The number of carbonyl (C=O) groups is 1. The van der Waals surface area contributed by atoms with Crippen LogP contribution in [0.15, 0.2) is 29.2 Å². The Bertz CT molecular complexity index is 512. The lowest BCUT2D eigenvalue weighted by atomic mass is 10.2. The van der Waals surface area contributed by atoms with Crippen LogP contribution >= 0.6 is 0 Å². The molecule has 18 heavy (non-hydrogen) atoms. The first-order valence-corrected chi connectivity index (χ1v) is 6.54. The van der Waals surface area contributed by atoms with E-state index in [9.17, 15) is 13.2 Å². The predicted octanol–water partition coefficient (Wildman–Crippen LogP) is 0.713. The van der Waals surface area contributed by atoms with E-state index in [0.717, 1.165) is 0 Å². The first kappa shape index (κ1) is 14.4. The third-order valence-corrected chi connectivity index (χ3v) is 2.96. The molecule has 0 heterocycles. The molecule has 0 radical (unpaired) electrons. The van der Waals surface area contributed by atoms with Gasteiger partial charge in [0.05, 0.1) is 11.3 Å². The Morgan fingerprint density at radius 1 is 1.33 bits per heavy atom. The molecule has 0 spiro atoms. The van der Waals surface area contributed by atoms with Gasteiger partial charge in [-0.25, -0.2) is 5.43 Å². The van der Waals surface area contributed by atoms with Crippen molar-refractivity contribution >= 4 is 21.8 Å². The van der Waals surface area contributed by atoms with Crippen LogP contribution in [0, 0.1) is 0 Å². The molecular weight excluding hydrogens is 260 g/mol. The first-order valence-electron chi connectivity index (χ1n) is 5.10. The molecule has 0 fully saturated rings. The number of carboxylic acids is 1. The minimum Gasteiger partial charge on any atom is -0.481 e. The van der Waals surface area contributed by atoms with Gasteiger partial charge in [0.15, 0.2) is 0 Å². The normalized spacial score (nSPS) is 13.0. The highest BCUT2D eigenvalue weighted by Crippen LogP contribution is 2.12. The monoisotopic (exact) mass is 274 g/mol. The van der Waals surface area contributed by atoms with Crippen LogP contribution in [0.25, 0.3) is 0 Å². The molecule has 1 atom stereocenters. The van der Waals surface area contributed by atoms with E-state index in [1.165, 1.54) is 24.3 Å². The van der Waals surface area contributed by atoms with Crippen molar-refractivity contribution in [2.45, 2.75) is 24.3 Å². The van der Waals surface area contributed by atoms with Crippen molar-refractivity contribution in [2.75, 3.05) is 5.43 Å². The van der Waals surface area contributed by atoms with Gasteiger partial charge in [0.2, 0.25) is 0 Å². The molecule has 0 saturated carbocycles. The van der Waals surface area contributed by atoms with E-state index in [2.05, 4.69) is 10.9 Å². The Hall–Kier alpha value is -1.64. The van der Waals surface area contributed by atoms with Gasteiger partial charge in [-0.05, 0) is 31.2 Å². The molecule has 0 aliphatic rings. The number of hydrazine groups is 1. The van der Waals surface area contributed by atoms with E-state index in [4.69, 9.17) is 9.66 Å². The van der Waals surface area contributed by atoms with E-state index < -0.39 is 16.1 Å². The summed E-state index contributed by atoms with van der Waals surface area (Å²) in [5.74, 6) is -0.918. The molecule has 0 bridgehead atoms. The number of nitrogens with one attached hydrogen (secondary N) is 2. The number of aliphatic carboxylic acids is 1. The molecule has 0 saturated heterocycles. The van der Waals surface area contributed by atoms with Crippen LogP contribution in [0.4, 0.5) is 5.69 Å². The van der Waals surface area contributed by atoms with Gasteiger partial charge in [0, 0.05) is 11.7 Å². The highest BCUT2D eigenvalue weighted by molar-refractivity contribution is 7.85. The number of carboxylic acid groups (broad SMARTS) is 1. The zero-order valence-electron chi connectivity index (χ0n) is 9.62. The van der Waals surface area contributed by atoms with Gasteiger partial charge in [-0.1, -0.05) is 0 Å². The molecule has 0 aromatic heterocycles. The molecule has 0 aliphatic heterocycles. The van der Waals surface area contributed by atoms with Crippen molar-refractivity contribution in [2.24, 2.45) is 0 Å². The van der Waals surface area contributed by atoms with E-state index in [1.54, 1.807) is 6.92 Å². The quantitative estimate of drug-likeness (QED) is 0.446. The fraction of sp³-hybridized carbons (Fsp3) is 0.300. The van der Waals surface area contributed by atoms with Crippen molar-refractivity contribution in [1.29, 1.82) is 0 Å². The second-order valence-electron chi connectivity index (χ2n) is 3.77. The number of hydrogen-bond donors (Lipinski definition) is 4. The Morgan fingerprint density at radius 3 is 2.33 bits per heavy atom. The maximum Gasteiger partial charge on any atom is 0.304 e. The van der Waals surface area contributed by atoms with Gasteiger partial charge in [0.1, 0.15) is 0 Å². The fourth-order valence-corrected chi connectivity index (χ4v) is 1.71. The minimum atomic E-state index is -4.19. The van der Waals surface area contributed by atoms with Crippen LogP contribution in [-0.4, -0.2) is 30.1 Å². The Kier molecular flexibility index (Phi) is 4.65. The number of anilines is 1. The van der Waals surface area contributed by atoms with Crippen LogP contribution in [0.5, 0.6) is 0 Å². The number of rotatable bonds is 6. The van der Waals surface area contributed by atoms with Crippen LogP contribution < -0.4 is 10.9 Å². The third kappa shape index (κ3) is 4.70. The van der Waals surface area contributed by atoms with E-state index in [1.807, 2.05) is 0 Å². The summed E-state index contributed by atoms with van der Waals surface area (Å²) in [6, 6.07) is 5.08. The molecule has 0 amide bonds. The zero-order valence-corrected chi connectivity index (χ0v) is 10.4. The minimum absolute atomic E-state index is 0.0455. The molecule has 1 rings (SSSR count). The summed E-state index contributed by atoms with van der Waals surface area (Å²) in [7, 11) is -4.19.